The third-order valence-corrected chi connectivity index (χ3v) is 5.07. The highest BCUT2D eigenvalue weighted by molar-refractivity contribution is 5.91. The first-order valence-corrected chi connectivity index (χ1v) is 9.14. The maximum atomic E-state index is 12.7. The highest BCUT2D eigenvalue weighted by Crippen LogP contribution is 2.28. The van der Waals surface area contributed by atoms with E-state index in [1.807, 2.05) is 48.5 Å². The highest BCUT2D eigenvalue weighted by atomic mass is 16.5. The molecule has 0 spiro atoms. The largest absolute Gasteiger partial charge is 0.495 e. The summed E-state index contributed by atoms with van der Waals surface area (Å²) in [5, 5.41) is 2.98. The van der Waals surface area contributed by atoms with Crippen molar-refractivity contribution in [1.29, 1.82) is 0 Å². The normalized spacial score (nSPS) is 15.1. The van der Waals surface area contributed by atoms with Crippen molar-refractivity contribution in [3.63, 3.8) is 0 Å². The number of aryl methyl sites for hydroxylation is 1. The van der Waals surface area contributed by atoms with Crippen LogP contribution >= 0.6 is 0 Å². The first-order valence-electron chi connectivity index (χ1n) is 9.14. The smallest absolute Gasteiger partial charge is 0.321 e. The molecule has 0 radical (unpaired) electrons. The molecule has 1 aliphatic rings. The number of amides is 2. The zero-order valence-electron chi connectivity index (χ0n) is 15.6. The summed E-state index contributed by atoms with van der Waals surface area (Å²) in [6.45, 7) is 3.37. The average molecular weight is 365 g/mol. The van der Waals surface area contributed by atoms with Crippen molar-refractivity contribution < 1.29 is 9.53 Å². The number of likely N-dealkylation sites (tertiary alicyclic amines) is 1. The molecule has 140 valence electrons. The van der Waals surface area contributed by atoms with E-state index in [1.165, 1.54) is 0 Å². The van der Waals surface area contributed by atoms with Crippen LogP contribution in [0.2, 0.25) is 0 Å². The van der Waals surface area contributed by atoms with Crippen molar-refractivity contribution in [3.05, 3.63) is 48.4 Å². The zero-order chi connectivity index (χ0) is 18.8. The third-order valence-electron chi connectivity index (χ3n) is 5.07. The number of carbonyl (C=O) groups excluding carboxylic acids is 1. The van der Waals surface area contributed by atoms with Crippen LogP contribution in [0.5, 0.6) is 5.75 Å². The first kappa shape index (κ1) is 17.3. The van der Waals surface area contributed by atoms with Crippen molar-refractivity contribution in [2.24, 2.45) is 0 Å². The number of anilines is 1. The number of imidazole rings is 1. The van der Waals surface area contributed by atoms with Gasteiger partial charge in [-0.25, -0.2) is 14.8 Å². The van der Waals surface area contributed by atoms with E-state index < -0.39 is 0 Å². The topological polar surface area (TPSA) is 72.3 Å². The number of rotatable bonds is 3. The number of ether oxygens (including phenoxy) is 1. The van der Waals surface area contributed by atoms with Gasteiger partial charge in [0.25, 0.3) is 0 Å². The fourth-order valence-corrected chi connectivity index (χ4v) is 3.60. The molecule has 1 saturated heterocycles. The van der Waals surface area contributed by atoms with Gasteiger partial charge < -0.3 is 19.5 Å². The number of hydrogen-bond acceptors (Lipinski definition) is 4. The molecule has 1 aromatic carbocycles. The molecule has 4 rings (SSSR count). The number of pyridine rings is 1. The number of methoxy groups -OCH3 is 1. The van der Waals surface area contributed by atoms with Crippen molar-refractivity contribution in [2.45, 2.75) is 25.8 Å². The minimum absolute atomic E-state index is 0.0917. The number of carbonyl (C=O) groups is 1. The summed E-state index contributed by atoms with van der Waals surface area (Å²) >= 11 is 0. The Balaban J connectivity index is 1.42. The van der Waals surface area contributed by atoms with E-state index in [-0.39, 0.29) is 6.03 Å². The van der Waals surface area contributed by atoms with E-state index in [0.717, 1.165) is 29.6 Å². The molecule has 7 nitrogen and oxygen atoms in total. The zero-order valence-corrected chi connectivity index (χ0v) is 15.6. The lowest BCUT2D eigenvalue weighted by atomic mass is 10.1. The minimum atomic E-state index is -0.0917. The van der Waals surface area contributed by atoms with Gasteiger partial charge in [-0.1, -0.05) is 6.07 Å². The van der Waals surface area contributed by atoms with Gasteiger partial charge in [0.2, 0.25) is 0 Å². The molecule has 0 atom stereocenters. The lowest BCUT2D eigenvalue weighted by molar-refractivity contribution is 0.184. The number of hydrogen-bond donors (Lipinski definition) is 1. The van der Waals surface area contributed by atoms with Crippen LogP contribution in [-0.2, 0) is 0 Å². The maximum Gasteiger partial charge on any atom is 0.321 e. The average Bonchev–Trinajstić information content (AvgIpc) is 3.12. The molecular weight excluding hydrogens is 342 g/mol. The monoisotopic (exact) mass is 365 g/mol. The summed E-state index contributed by atoms with van der Waals surface area (Å²) in [5.41, 5.74) is 3.59. The van der Waals surface area contributed by atoms with Gasteiger partial charge >= 0.3 is 6.03 Å². The lowest BCUT2D eigenvalue weighted by Gasteiger charge is -2.32. The highest BCUT2D eigenvalue weighted by Gasteiger charge is 2.25. The predicted molar refractivity (Wildman–Crippen MR) is 104 cm³/mol. The van der Waals surface area contributed by atoms with Crippen LogP contribution in [0.25, 0.3) is 11.2 Å². The van der Waals surface area contributed by atoms with Crippen LogP contribution in [-0.4, -0.2) is 45.7 Å². The Hall–Kier alpha value is -3.09. The van der Waals surface area contributed by atoms with Crippen LogP contribution in [0.3, 0.4) is 0 Å². The van der Waals surface area contributed by atoms with E-state index in [0.29, 0.717) is 30.6 Å². The number of nitrogens with one attached hydrogen (secondary N) is 1. The number of fused-ring (bicyclic) bond motifs is 1. The van der Waals surface area contributed by atoms with Crippen molar-refractivity contribution in [3.8, 4) is 5.75 Å². The van der Waals surface area contributed by atoms with Gasteiger partial charge in [-0.15, -0.1) is 0 Å². The number of aromatic nitrogens is 3. The number of piperidine rings is 1. The van der Waals surface area contributed by atoms with E-state index in [9.17, 15) is 4.79 Å². The van der Waals surface area contributed by atoms with Gasteiger partial charge in [0.05, 0.1) is 19.1 Å². The summed E-state index contributed by atoms with van der Waals surface area (Å²) in [5.74, 6) is 0.666. The van der Waals surface area contributed by atoms with Crippen molar-refractivity contribution >= 4 is 22.9 Å². The van der Waals surface area contributed by atoms with Crippen LogP contribution in [0.1, 0.15) is 24.4 Å². The molecule has 3 aromatic rings. The van der Waals surface area contributed by atoms with Gasteiger partial charge in [-0.05, 0) is 49.6 Å². The summed E-state index contributed by atoms with van der Waals surface area (Å²) in [4.78, 5) is 23.4. The van der Waals surface area contributed by atoms with Gasteiger partial charge in [0.15, 0.2) is 5.65 Å². The molecule has 2 amide bonds. The van der Waals surface area contributed by atoms with Crippen LogP contribution in [0.4, 0.5) is 10.5 Å². The van der Waals surface area contributed by atoms with E-state index in [1.54, 1.807) is 13.3 Å². The molecule has 0 bridgehead atoms. The number of benzene rings is 1. The van der Waals surface area contributed by atoms with Crippen LogP contribution in [0, 0.1) is 6.92 Å². The summed E-state index contributed by atoms with van der Waals surface area (Å²) in [7, 11) is 1.61. The molecule has 7 heteroatoms. The molecule has 1 N–H and O–H groups in total. The Morgan fingerprint density at radius 3 is 2.81 bits per heavy atom. The van der Waals surface area contributed by atoms with Crippen molar-refractivity contribution in [1.82, 2.24) is 19.4 Å². The molecule has 1 fully saturated rings. The van der Waals surface area contributed by atoms with E-state index >= 15 is 0 Å². The van der Waals surface area contributed by atoms with Crippen LogP contribution < -0.4 is 10.1 Å². The van der Waals surface area contributed by atoms with Gasteiger partial charge in [-0.2, -0.15) is 0 Å². The first-order chi connectivity index (χ1) is 13.2. The molecule has 2 aromatic heterocycles. The van der Waals surface area contributed by atoms with Gasteiger partial charge in [0.1, 0.15) is 11.3 Å². The molecule has 3 heterocycles. The second kappa shape index (κ2) is 7.26. The Kier molecular flexibility index (Phi) is 4.66. The molecular formula is C20H23N5O2. The summed E-state index contributed by atoms with van der Waals surface area (Å²) < 4.78 is 7.48. The molecule has 1 aliphatic heterocycles. The van der Waals surface area contributed by atoms with Crippen molar-refractivity contribution in [2.75, 3.05) is 25.5 Å². The molecule has 0 unspecified atom stereocenters. The maximum absolute atomic E-state index is 12.7. The Morgan fingerprint density at radius 2 is 2.04 bits per heavy atom. The Bertz CT molecular complexity index is 960. The second-order valence-corrected chi connectivity index (χ2v) is 6.85. The quantitative estimate of drug-likeness (QED) is 0.769. The standard InChI is InChI=1S/C20H23N5O2/c1-14-5-6-18(27-2)17(12-14)23-20(26)24-10-7-15(8-11-24)25-13-22-16-4-3-9-21-19(16)25/h3-6,9,12-13,15H,7-8,10-11H2,1-2H3,(H,23,26). The molecule has 27 heavy (non-hydrogen) atoms. The SMILES string of the molecule is COc1ccc(C)cc1NC(=O)N1CCC(n2cnc3cccnc32)CC1. The van der Waals surface area contributed by atoms with Gasteiger partial charge in [0, 0.05) is 25.3 Å². The second-order valence-electron chi connectivity index (χ2n) is 6.85. The van der Waals surface area contributed by atoms with E-state index in [4.69, 9.17) is 4.74 Å². The fourth-order valence-electron chi connectivity index (χ4n) is 3.60. The molecule has 0 aliphatic carbocycles. The van der Waals surface area contributed by atoms with Gasteiger partial charge in [-0.3, -0.25) is 0 Å². The minimum Gasteiger partial charge on any atom is -0.495 e. The summed E-state index contributed by atoms with van der Waals surface area (Å²) in [6, 6.07) is 9.83. The fraction of sp³-hybridized carbons (Fsp3) is 0.350. The van der Waals surface area contributed by atoms with E-state index in [2.05, 4.69) is 19.9 Å². The number of nitrogens with zero attached hydrogens (tertiary/aromatic N) is 4. The Labute approximate surface area is 158 Å². The van der Waals surface area contributed by atoms with Crippen LogP contribution in [0.15, 0.2) is 42.9 Å². The Morgan fingerprint density at radius 1 is 1.22 bits per heavy atom. The third kappa shape index (κ3) is 3.45. The predicted octanol–water partition coefficient (Wildman–Crippen LogP) is 3.62. The number of urea groups is 1. The lowest BCUT2D eigenvalue weighted by Crippen LogP contribution is -2.41. The summed E-state index contributed by atoms with van der Waals surface area (Å²) in [6.07, 6.45) is 5.40. The molecule has 0 saturated carbocycles.